The summed E-state index contributed by atoms with van der Waals surface area (Å²) in [6, 6.07) is 8.31. The Bertz CT molecular complexity index is 1050. The van der Waals surface area contributed by atoms with Gasteiger partial charge in [0.15, 0.2) is 11.5 Å². The van der Waals surface area contributed by atoms with Crippen LogP contribution in [0.5, 0.6) is 17.2 Å². The predicted molar refractivity (Wildman–Crippen MR) is 101 cm³/mol. The summed E-state index contributed by atoms with van der Waals surface area (Å²) in [6.07, 6.45) is 1.43. The number of ether oxygens (including phenoxy) is 2. The van der Waals surface area contributed by atoms with Gasteiger partial charge in [0.05, 0.1) is 46.7 Å². The maximum absolute atomic E-state index is 10.1. The van der Waals surface area contributed by atoms with Gasteiger partial charge < -0.3 is 19.9 Å². The summed E-state index contributed by atoms with van der Waals surface area (Å²) < 4.78 is 10.3. The van der Waals surface area contributed by atoms with Gasteiger partial charge in [0.2, 0.25) is 0 Å². The Morgan fingerprint density at radius 2 is 1.81 bits per heavy atom. The Morgan fingerprint density at radius 1 is 1.08 bits per heavy atom. The molecule has 2 N–H and O–H groups in total. The molecule has 132 valence electrons. The maximum atomic E-state index is 10.1. The van der Waals surface area contributed by atoms with E-state index in [0.717, 1.165) is 0 Å². The molecule has 0 radical (unpaired) electrons. The second-order valence-corrected chi connectivity index (χ2v) is 6.11. The fourth-order valence-electron chi connectivity index (χ4n) is 2.51. The number of phenols is 1. The molecule has 3 aromatic rings. The fourth-order valence-corrected chi connectivity index (χ4v) is 3.01. The minimum absolute atomic E-state index is 0.0697. The van der Waals surface area contributed by atoms with E-state index >= 15 is 0 Å². The molecule has 6 nitrogen and oxygen atoms in total. The predicted octanol–water partition coefficient (Wildman–Crippen LogP) is 4.88. The molecule has 1 aromatic heterocycles. The maximum Gasteiger partial charge on any atom is 0.162 e. The van der Waals surface area contributed by atoms with E-state index in [2.05, 4.69) is 16.4 Å². The number of aromatic hydroxyl groups is 1. The number of nitrogens with zero attached hydrogens (tertiary/aromatic N) is 2. The highest BCUT2D eigenvalue weighted by Gasteiger charge is 2.15. The lowest BCUT2D eigenvalue weighted by Crippen LogP contribution is -1.99. The summed E-state index contributed by atoms with van der Waals surface area (Å²) in [4.78, 5) is 4.24. The smallest absolute Gasteiger partial charge is 0.162 e. The van der Waals surface area contributed by atoms with E-state index in [1.807, 2.05) is 0 Å². The third-order valence-corrected chi connectivity index (χ3v) is 4.40. The number of halogens is 2. The molecule has 0 aliphatic rings. The van der Waals surface area contributed by atoms with Crippen LogP contribution in [-0.2, 0) is 0 Å². The molecule has 0 amide bonds. The summed E-state index contributed by atoms with van der Waals surface area (Å²) in [7, 11) is 2.94. The third kappa shape index (κ3) is 3.15. The molecular weight excluding hydrogens is 377 g/mol. The zero-order valence-corrected chi connectivity index (χ0v) is 15.3. The van der Waals surface area contributed by atoms with Crippen molar-refractivity contribution in [3.63, 3.8) is 0 Å². The molecule has 1 heterocycles. The first-order valence-electron chi connectivity index (χ1n) is 7.38. The van der Waals surface area contributed by atoms with Crippen LogP contribution >= 0.6 is 23.2 Å². The number of hydrogen-bond donors (Lipinski definition) is 2. The fraction of sp³-hybridized carbons (Fsp3) is 0.111. The van der Waals surface area contributed by atoms with Gasteiger partial charge in [-0.15, -0.1) is 0 Å². The van der Waals surface area contributed by atoms with Crippen LogP contribution in [0.15, 0.2) is 30.5 Å². The first kappa shape index (κ1) is 17.9. The van der Waals surface area contributed by atoms with E-state index in [1.165, 1.54) is 26.5 Å². The van der Waals surface area contributed by atoms with Gasteiger partial charge >= 0.3 is 0 Å². The number of fused-ring (bicyclic) bond motifs is 1. The molecule has 0 atom stereocenters. The molecular formula is C18H13Cl2N3O3. The van der Waals surface area contributed by atoms with Crippen molar-refractivity contribution in [2.45, 2.75) is 0 Å². The lowest BCUT2D eigenvalue weighted by Gasteiger charge is -2.15. The second-order valence-electron chi connectivity index (χ2n) is 5.29. The normalized spacial score (nSPS) is 10.4. The van der Waals surface area contributed by atoms with Gasteiger partial charge in [-0.05, 0) is 12.1 Å². The largest absolute Gasteiger partial charge is 0.504 e. The van der Waals surface area contributed by atoms with Crippen molar-refractivity contribution in [3.05, 3.63) is 46.1 Å². The van der Waals surface area contributed by atoms with E-state index in [0.29, 0.717) is 38.1 Å². The Kier molecular flexibility index (Phi) is 4.94. The molecule has 0 unspecified atom stereocenters. The zero-order chi connectivity index (χ0) is 18.8. The molecule has 2 aromatic carbocycles. The number of methoxy groups -OCH3 is 2. The Balaban J connectivity index is 2.21. The Hall–Kier alpha value is -2.88. The highest BCUT2D eigenvalue weighted by molar-refractivity contribution is 6.37. The lowest BCUT2D eigenvalue weighted by atomic mass is 10.1. The molecule has 0 saturated carbocycles. The number of nitrogens with one attached hydrogen (secondary N) is 1. The van der Waals surface area contributed by atoms with E-state index in [-0.39, 0.29) is 17.1 Å². The van der Waals surface area contributed by atoms with E-state index in [4.69, 9.17) is 32.7 Å². The van der Waals surface area contributed by atoms with Gasteiger partial charge in [-0.2, -0.15) is 5.26 Å². The molecule has 0 spiro atoms. The molecule has 0 aliphatic heterocycles. The number of hydrogen-bond acceptors (Lipinski definition) is 6. The van der Waals surface area contributed by atoms with E-state index < -0.39 is 0 Å². The SMILES string of the molecule is COc1cc2ncc(C#N)c(Nc3cc(OC)c(Cl)cc3Cl)c2cc1O. The molecule has 0 saturated heterocycles. The van der Waals surface area contributed by atoms with Crippen LogP contribution in [0.2, 0.25) is 10.0 Å². The third-order valence-electron chi connectivity index (χ3n) is 3.79. The molecule has 0 aliphatic carbocycles. The minimum atomic E-state index is -0.0697. The lowest BCUT2D eigenvalue weighted by molar-refractivity contribution is 0.374. The Morgan fingerprint density at radius 3 is 2.46 bits per heavy atom. The van der Waals surface area contributed by atoms with E-state index in [9.17, 15) is 10.4 Å². The highest BCUT2D eigenvalue weighted by Crippen LogP contribution is 2.39. The van der Waals surface area contributed by atoms with Crippen LogP contribution in [0.4, 0.5) is 11.4 Å². The number of phenolic OH excluding ortho intramolecular Hbond substituents is 1. The Labute approximate surface area is 159 Å². The molecule has 26 heavy (non-hydrogen) atoms. The minimum Gasteiger partial charge on any atom is -0.504 e. The number of nitriles is 1. The van der Waals surface area contributed by atoms with E-state index in [1.54, 1.807) is 18.2 Å². The van der Waals surface area contributed by atoms with Crippen LogP contribution in [0, 0.1) is 11.3 Å². The average molecular weight is 390 g/mol. The number of rotatable bonds is 4. The van der Waals surface area contributed by atoms with Gasteiger partial charge in [-0.1, -0.05) is 23.2 Å². The monoisotopic (exact) mass is 389 g/mol. The highest BCUT2D eigenvalue weighted by atomic mass is 35.5. The van der Waals surface area contributed by atoms with Crippen molar-refractivity contribution in [2.75, 3.05) is 19.5 Å². The van der Waals surface area contributed by atoms with Crippen molar-refractivity contribution in [3.8, 4) is 23.3 Å². The molecule has 0 fully saturated rings. The summed E-state index contributed by atoms with van der Waals surface area (Å²) in [5, 5.41) is 23.9. The topological polar surface area (TPSA) is 87.4 Å². The standard InChI is InChI=1S/C18H13Cl2N3O3/c1-25-16-6-14(11(19)4-12(16)20)23-18-9(7-21)8-22-13-5-17(26-2)15(24)3-10(13)18/h3-6,8,24H,1-2H3,(H,22,23). The van der Waals surface area contributed by atoms with Gasteiger partial charge in [-0.3, -0.25) is 4.98 Å². The zero-order valence-electron chi connectivity index (χ0n) is 13.8. The number of pyridine rings is 1. The summed E-state index contributed by atoms with van der Waals surface area (Å²) in [5.41, 5.74) is 1.76. The molecule has 3 rings (SSSR count). The number of benzene rings is 2. The van der Waals surface area contributed by atoms with Gasteiger partial charge in [0.25, 0.3) is 0 Å². The molecule has 8 heteroatoms. The van der Waals surface area contributed by atoms with Crippen LogP contribution in [0.25, 0.3) is 10.9 Å². The van der Waals surface area contributed by atoms with Crippen molar-refractivity contribution in [1.82, 2.24) is 4.98 Å². The van der Waals surface area contributed by atoms with Crippen molar-refractivity contribution >= 4 is 45.5 Å². The quantitative estimate of drug-likeness (QED) is 0.660. The molecule has 0 bridgehead atoms. The van der Waals surface area contributed by atoms with Crippen molar-refractivity contribution < 1.29 is 14.6 Å². The van der Waals surface area contributed by atoms with Crippen LogP contribution in [-0.4, -0.2) is 24.3 Å². The summed E-state index contributed by atoms with van der Waals surface area (Å²) in [5.74, 6) is 0.645. The average Bonchev–Trinajstić information content (AvgIpc) is 2.63. The van der Waals surface area contributed by atoms with Crippen LogP contribution in [0.3, 0.4) is 0 Å². The van der Waals surface area contributed by atoms with Gasteiger partial charge in [0, 0.05) is 23.7 Å². The first-order valence-corrected chi connectivity index (χ1v) is 8.14. The first-order chi connectivity index (χ1) is 12.5. The van der Waals surface area contributed by atoms with Crippen LogP contribution < -0.4 is 14.8 Å². The van der Waals surface area contributed by atoms with Crippen molar-refractivity contribution in [1.29, 1.82) is 5.26 Å². The summed E-state index contributed by atoms with van der Waals surface area (Å²) >= 11 is 12.3. The number of aromatic nitrogens is 1. The second kappa shape index (κ2) is 7.16. The van der Waals surface area contributed by atoms with Crippen LogP contribution in [0.1, 0.15) is 5.56 Å². The van der Waals surface area contributed by atoms with Crippen molar-refractivity contribution in [2.24, 2.45) is 0 Å². The summed E-state index contributed by atoms with van der Waals surface area (Å²) in [6.45, 7) is 0. The van der Waals surface area contributed by atoms with Gasteiger partial charge in [0.1, 0.15) is 11.8 Å². The van der Waals surface area contributed by atoms with Gasteiger partial charge in [-0.25, -0.2) is 0 Å². The number of anilines is 2.